The van der Waals surface area contributed by atoms with Crippen molar-refractivity contribution < 1.29 is 0 Å². The van der Waals surface area contributed by atoms with E-state index in [9.17, 15) is 0 Å². The Balaban J connectivity index is 0. The lowest BCUT2D eigenvalue weighted by molar-refractivity contribution is 0.646. The molecule has 0 saturated carbocycles. The summed E-state index contributed by atoms with van der Waals surface area (Å²) in [5.74, 6) is 0. The second kappa shape index (κ2) is 22.8. The molecule has 0 saturated heterocycles. The van der Waals surface area contributed by atoms with Crippen LogP contribution < -0.4 is 0 Å². The third-order valence-corrected chi connectivity index (χ3v) is 7.58. The molecule has 0 bridgehead atoms. The van der Waals surface area contributed by atoms with E-state index in [-0.39, 0.29) is 13.5 Å². The minimum Gasteiger partial charge on any atom is -0.197 e. The highest BCUT2D eigenvalue weighted by molar-refractivity contribution is 7.59. The molecule has 142 valence electrons. The largest absolute Gasteiger partial charge is 0.197 e. The van der Waals surface area contributed by atoms with E-state index in [2.05, 4.69) is 20.8 Å². The molecular formula is C21H47PS. The van der Waals surface area contributed by atoms with E-state index >= 15 is 0 Å². The van der Waals surface area contributed by atoms with Crippen LogP contribution in [0.3, 0.4) is 0 Å². The van der Waals surface area contributed by atoms with Crippen molar-refractivity contribution in [3.63, 3.8) is 0 Å². The summed E-state index contributed by atoms with van der Waals surface area (Å²) in [6.45, 7) is 6.96. The van der Waals surface area contributed by atoms with Crippen molar-refractivity contribution in [1.82, 2.24) is 0 Å². The Kier molecular flexibility index (Phi) is 25.8. The summed E-state index contributed by atoms with van der Waals surface area (Å²) < 4.78 is 0. The van der Waals surface area contributed by atoms with Gasteiger partial charge in [-0.25, -0.2) is 0 Å². The Labute approximate surface area is 157 Å². The van der Waals surface area contributed by atoms with Crippen molar-refractivity contribution in [2.24, 2.45) is 0 Å². The van der Waals surface area contributed by atoms with Crippen LogP contribution in [0.1, 0.15) is 117 Å². The van der Waals surface area contributed by atoms with Crippen LogP contribution in [0.2, 0.25) is 0 Å². The fourth-order valence-corrected chi connectivity index (χ4v) is 5.84. The lowest BCUT2D eigenvalue weighted by Gasteiger charge is -2.18. The highest BCUT2D eigenvalue weighted by Crippen LogP contribution is 2.39. The molecule has 0 aliphatic carbocycles. The summed E-state index contributed by atoms with van der Waals surface area (Å²) in [5, 5.41) is 0. The van der Waals surface area contributed by atoms with Crippen molar-refractivity contribution >= 4 is 21.4 Å². The predicted octanol–water partition coefficient (Wildman–Crippen LogP) is 8.49. The molecule has 0 nitrogen and oxygen atoms in total. The maximum absolute atomic E-state index is 2.32. The monoisotopic (exact) mass is 362 g/mol. The minimum absolute atomic E-state index is 0. The number of hydrogen-bond donors (Lipinski definition) is 0. The van der Waals surface area contributed by atoms with E-state index in [0.717, 1.165) is 0 Å². The van der Waals surface area contributed by atoms with Crippen LogP contribution in [0.4, 0.5) is 0 Å². The highest BCUT2D eigenvalue weighted by Gasteiger charge is 2.07. The van der Waals surface area contributed by atoms with Gasteiger partial charge in [0.2, 0.25) is 0 Å². The maximum atomic E-state index is 2.32. The van der Waals surface area contributed by atoms with Crippen molar-refractivity contribution in [3.8, 4) is 0 Å². The first kappa shape index (κ1) is 26.0. The van der Waals surface area contributed by atoms with Crippen LogP contribution in [0, 0.1) is 0 Å². The first-order chi connectivity index (χ1) is 10.8. The topological polar surface area (TPSA) is 0 Å². The van der Waals surface area contributed by atoms with Crippen molar-refractivity contribution in [3.05, 3.63) is 0 Å². The SMILES string of the molecule is CCCCCCCP(CCCCCCC)CCCCCCC.S. The van der Waals surface area contributed by atoms with Crippen molar-refractivity contribution in [2.45, 2.75) is 117 Å². The molecule has 0 fully saturated rings. The Hall–Kier alpha value is 0.780. The van der Waals surface area contributed by atoms with Gasteiger partial charge in [0.15, 0.2) is 0 Å². The summed E-state index contributed by atoms with van der Waals surface area (Å²) >= 11 is 0. The third kappa shape index (κ3) is 20.7. The van der Waals surface area contributed by atoms with E-state index < -0.39 is 0 Å². The summed E-state index contributed by atoms with van der Waals surface area (Å²) in [6, 6.07) is 0. The highest BCUT2D eigenvalue weighted by atomic mass is 32.1. The summed E-state index contributed by atoms with van der Waals surface area (Å²) in [7, 11) is 0.377. The second-order valence-corrected chi connectivity index (χ2v) is 9.77. The van der Waals surface area contributed by atoms with Crippen LogP contribution in [0.5, 0.6) is 0 Å². The lowest BCUT2D eigenvalue weighted by Crippen LogP contribution is -1.97. The average Bonchev–Trinajstić information content (AvgIpc) is 2.53. The van der Waals surface area contributed by atoms with Crippen LogP contribution in [-0.2, 0) is 0 Å². The molecule has 0 aromatic rings. The Morgan fingerprint density at radius 3 is 0.913 bits per heavy atom. The fourth-order valence-electron chi connectivity index (χ4n) is 3.15. The normalized spacial score (nSPS) is 11.0. The minimum atomic E-state index is 0. The second-order valence-electron chi connectivity index (χ2n) is 7.08. The molecule has 0 atom stereocenters. The molecule has 0 heterocycles. The molecule has 0 amide bonds. The molecule has 0 spiro atoms. The van der Waals surface area contributed by atoms with Crippen molar-refractivity contribution in [2.75, 3.05) is 18.5 Å². The smallest absolute Gasteiger partial charge is 0.0326 e. The molecule has 0 aliphatic rings. The fraction of sp³-hybridized carbons (Fsp3) is 1.00. The Morgan fingerprint density at radius 1 is 0.391 bits per heavy atom. The number of hydrogen-bond acceptors (Lipinski definition) is 0. The summed E-state index contributed by atoms with van der Waals surface area (Å²) in [6.07, 6.45) is 26.7. The van der Waals surface area contributed by atoms with Gasteiger partial charge in [0.1, 0.15) is 0 Å². The summed E-state index contributed by atoms with van der Waals surface area (Å²) in [5.41, 5.74) is 0. The van der Waals surface area contributed by atoms with Crippen LogP contribution >= 0.6 is 21.4 Å². The van der Waals surface area contributed by atoms with Crippen LogP contribution in [-0.4, -0.2) is 18.5 Å². The van der Waals surface area contributed by atoms with Gasteiger partial charge < -0.3 is 0 Å². The molecule has 0 N–H and O–H groups in total. The molecule has 0 aromatic carbocycles. The van der Waals surface area contributed by atoms with Gasteiger partial charge in [-0.3, -0.25) is 0 Å². The maximum Gasteiger partial charge on any atom is -0.0326 e. The molecule has 0 unspecified atom stereocenters. The molecule has 0 aromatic heterocycles. The summed E-state index contributed by atoms with van der Waals surface area (Å²) in [4.78, 5) is 0. The lowest BCUT2D eigenvalue weighted by atomic mass is 10.2. The van der Waals surface area contributed by atoms with Crippen LogP contribution in [0.25, 0.3) is 0 Å². The van der Waals surface area contributed by atoms with E-state index in [1.54, 1.807) is 18.5 Å². The molecule has 0 radical (unpaired) electrons. The van der Waals surface area contributed by atoms with Gasteiger partial charge in [-0.2, -0.15) is 13.5 Å². The molecule has 23 heavy (non-hydrogen) atoms. The first-order valence-electron chi connectivity index (χ1n) is 10.6. The number of unbranched alkanes of at least 4 members (excludes halogenated alkanes) is 12. The molecule has 0 rings (SSSR count). The Bertz CT molecular complexity index is 163. The molecule has 0 aliphatic heterocycles. The predicted molar refractivity (Wildman–Crippen MR) is 118 cm³/mol. The van der Waals surface area contributed by atoms with Gasteiger partial charge >= 0.3 is 0 Å². The average molecular weight is 363 g/mol. The van der Waals surface area contributed by atoms with Gasteiger partial charge in [0.05, 0.1) is 0 Å². The number of rotatable bonds is 18. The Morgan fingerprint density at radius 2 is 0.652 bits per heavy atom. The first-order valence-corrected chi connectivity index (χ1v) is 12.5. The zero-order chi connectivity index (χ0) is 16.3. The van der Waals surface area contributed by atoms with Gasteiger partial charge in [-0.15, -0.1) is 7.92 Å². The van der Waals surface area contributed by atoms with Gasteiger partial charge in [0, 0.05) is 0 Å². The zero-order valence-corrected chi connectivity index (χ0v) is 18.6. The quantitative estimate of drug-likeness (QED) is 0.169. The van der Waals surface area contributed by atoms with Crippen LogP contribution in [0.15, 0.2) is 0 Å². The molecular weight excluding hydrogens is 315 g/mol. The standard InChI is InChI=1S/C21H45P.H2S/c1-4-7-10-13-16-19-22(20-17-14-11-8-5-2)21-18-15-12-9-6-3;/h4-21H2,1-3H3;1H2. The zero-order valence-electron chi connectivity index (χ0n) is 16.7. The van der Waals surface area contributed by atoms with Gasteiger partial charge in [0.25, 0.3) is 0 Å². The van der Waals surface area contributed by atoms with Gasteiger partial charge in [-0.05, 0) is 37.7 Å². The van der Waals surface area contributed by atoms with E-state index in [1.165, 1.54) is 96.3 Å². The van der Waals surface area contributed by atoms with E-state index in [0.29, 0.717) is 7.92 Å². The van der Waals surface area contributed by atoms with E-state index in [1.807, 2.05) is 0 Å². The van der Waals surface area contributed by atoms with Gasteiger partial charge in [-0.1, -0.05) is 97.8 Å². The van der Waals surface area contributed by atoms with Crippen molar-refractivity contribution in [1.29, 1.82) is 0 Å². The van der Waals surface area contributed by atoms with E-state index in [4.69, 9.17) is 0 Å². The third-order valence-electron chi connectivity index (χ3n) is 4.73. The molecule has 2 heteroatoms.